The normalized spacial score (nSPS) is 19.0. The van der Waals surface area contributed by atoms with Crippen LogP contribution in [0.1, 0.15) is 23.2 Å². The summed E-state index contributed by atoms with van der Waals surface area (Å²) in [5, 5.41) is 10.0. The smallest absolute Gasteiger partial charge is 0.253 e. The van der Waals surface area contributed by atoms with Crippen LogP contribution in [0.3, 0.4) is 0 Å². The fourth-order valence-electron chi connectivity index (χ4n) is 4.13. The first-order valence-electron chi connectivity index (χ1n) is 9.82. The molecule has 0 saturated carbocycles. The number of benzene rings is 2. The minimum atomic E-state index is -0.489. The predicted molar refractivity (Wildman–Crippen MR) is 105 cm³/mol. The highest BCUT2D eigenvalue weighted by Gasteiger charge is 2.28. The molecular weight excluding hydrogens is 359 g/mol. The molecule has 2 aliphatic rings. The lowest BCUT2D eigenvalue weighted by Crippen LogP contribution is -2.50. The van der Waals surface area contributed by atoms with E-state index in [0.29, 0.717) is 22.7 Å². The number of phenols is 1. The highest BCUT2D eigenvalue weighted by atomic mass is 19.1. The second-order valence-corrected chi connectivity index (χ2v) is 7.41. The maximum absolute atomic E-state index is 13.2. The molecule has 28 heavy (non-hydrogen) atoms. The molecule has 4 rings (SSSR count). The van der Waals surface area contributed by atoms with Gasteiger partial charge in [-0.05, 0) is 42.7 Å². The molecule has 0 bridgehead atoms. The molecule has 0 radical (unpaired) electrons. The summed E-state index contributed by atoms with van der Waals surface area (Å²) in [5.74, 6) is -0.614. The Balaban J connectivity index is 1.44. The number of morpholine rings is 1. The van der Waals surface area contributed by atoms with Gasteiger partial charge in [0.25, 0.3) is 5.91 Å². The van der Waals surface area contributed by atoms with Crippen LogP contribution in [-0.4, -0.2) is 66.2 Å². The van der Waals surface area contributed by atoms with Crippen molar-refractivity contribution in [2.45, 2.75) is 18.9 Å². The highest BCUT2D eigenvalue weighted by molar-refractivity contribution is 5.95. The topological polar surface area (TPSA) is 53.0 Å². The number of piperidine rings is 1. The summed E-state index contributed by atoms with van der Waals surface area (Å²) in [6, 6.07) is 11.6. The van der Waals surface area contributed by atoms with Crippen molar-refractivity contribution in [3.8, 4) is 16.9 Å². The van der Waals surface area contributed by atoms with E-state index < -0.39 is 5.82 Å². The molecule has 2 fully saturated rings. The third-order valence-corrected chi connectivity index (χ3v) is 5.69. The van der Waals surface area contributed by atoms with Gasteiger partial charge in [-0.2, -0.15) is 0 Å². The number of ether oxygens (including phenoxy) is 1. The van der Waals surface area contributed by atoms with Crippen LogP contribution in [0.5, 0.6) is 5.75 Å². The molecule has 2 aromatic rings. The van der Waals surface area contributed by atoms with Crippen LogP contribution in [0.2, 0.25) is 0 Å². The van der Waals surface area contributed by atoms with Gasteiger partial charge in [0.1, 0.15) is 11.6 Å². The van der Waals surface area contributed by atoms with Gasteiger partial charge in [0, 0.05) is 49.4 Å². The molecule has 148 valence electrons. The van der Waals surface area contributed by atoms with Crippen LogP contribution in [0.25, 0.3) is 11.1 Å². The fourth-order valence-corrected chi connectivity index (χ4v) is 4.13. The summed E-state index contributed by atoms with van der Waals surface area (Å²) >= 11 is 0. The van der Waals surface area contributed by atoms with Crippen LogP contribution in [0.15, 0.2) is 42.5 Å². The van der Waals surface area contributed by atoms with E-state index in [4.69, 9.17) is 4.74 Å². The van der Waals surface area contributed by atoms with Crippen molar-refractivity contribution in [2.24, 2.45) is 0 Å². The molecule has 2 heterocycles. The number of aromatic hydroxyl groups is 1. The zero-order chi connectivity index (χ0) is 19.5. The minimum Gasteiger partial charge on any atom is -0.507 e. The van der Waals surface area contributed by atoms with Gasteiger partial charge in [-0.1, -0.05) is 12.1 Å². The minimum absolute atomic E-state index is 0.00359. The van der Waals surface area contributed by atoms with Crippen LogP contribution in [0, 0.1) is 5.82 Å². The van der Waals surface area contributed by atoms with Gasteiger partial charge in [0.15, 0.2) is 0 Å². The Labute approximate surface area is 164 Å². The molecule has 1 amide bonds. The lowest BCUT2D eigenvalue weighted by atomic mass is 9.99. The van der Waals surface area contributed by atoms with E-state index in [-0.39, 0.29) is 11.7 Å². The first-order valence-corrected chi connectivity index (χ1v) is 9.82. The first-order chi connectivity index (χ1) is 13.6. The highest BCUT2D eigenvalue weighted by Crippen LogP contribution is 2.30. The van der Waals surface area contributed by atoms with E-state index in [9.17, 15) is 14.3 Å². The molecule has 2 aliphatic heterocycles. The van der Waals surface area contributed by atoms with Gasteiger partial charge in [0.2, 0.25) is 0 Å². The Kier molecular flexibility index (Phi) is 5.59. The average Bonchev–Trinajstić information content (AvgIpc) is 2.74. The Bertz CT molecular complexity index is 843. The van der Waals surface area contributed by atoms with E-state index in [2.05, 4.69) is 4.90 Å². The van der Waals surface area contributed by atoms with Crippen molar-refractivity contribution in [1.82, 2.24) is 9.80 Å². The van der Waals surface area contributed by atoms with Crippen molar-refractivity contribution in [3.05, 3.63) is 53.8 Å². The number of nitrogens with zero attached hydrogens (tertiary/aromatic N) is 2. The SMILES string of the molecule is O=C(c1cccc(-c2ccc(F)cc2O)c1)N1CCC(N2CCOCC2)CC1. The molecule has 0 unspecified atom stereocenters. The van der Waals surface area contributed by atoms with Crippen molar-refractivity contribution in [1.29, 1.82) is 0 Å². The summed E-state index contributed by atoms with van der Waals surface area (Å²) in [7, 11) is 0. The number of phenolic OH excluding ortho intramolecular Hbond substituents is 1. The van der Waals surface area contributed by atoms with Gasteiger partial charge < -0.3 is 14.7 Å². The Morgan fingerprint density at radius 2 is 1.79 bits per heavy atom. The van der Waals surface area contributed by atoms with Crippen LogP contribution < -0.4 is 0 Å². The first kappa shape index (κ1) is 18.9. The van der Waals surface area contributed by atoms with E-state index >= 15 is 0 Å². The number of carbonyl (C=O) groups excluding carboxylic acids is 1. The Hall–Kier alpha value is -2.44. The second kappa shape index (κ2) is 8.29. The molecular formula is C22H25FN2O3. The quantitative estimate of drug-likeness (QED) is 0.883. The van der Waals surface area contributed by atoms with E-state index in [1.807, 2.05) is 11.0 Å². The molecule has 2 aromatic carbocycles. The van der Waals surface area contributed by atoms with Gasteiger partial charge in [0.05, 0.1) is 13.2 Å². The number of halogens is 1. The molecule has 5 nitrogen and oxygen atoms in total. The maximum atomic E-state index is 13.2. The van der Waals surface area contributed by atoms with E-state index in [1.165, 1.54) is 12.1 Å². The monoisotopic (exact) mass is 384 g/mol. The number of rotatable bonds is 3. The lowest BCUT2D eigenvalue weighted by molar-refractivity contribution is 0.00159. The summed E-state index contributed by atoms with van der Waals surface area (Å²) in [4.78, 5) is 17.4. The summed E-state index contributed by atoms with van der Waals surface area (Å²) < 4.78 is 18.7. The molecule has 1 N–H and O–H groups in total. The molecule has 0 atom stereocenters. The standard InChI is InChI=1S/C22H25FN2O3/c23-18-4-5-20(21(26)15-18)16-2-1-3-17(14-16)22(27)25-8-6-19(7-9-25)24-10-12-28-13-11-24/h1-5,14-15,19,26H,6-13H2. The van der Waals surface area contributed by atoms with Crippen LogP contribution in [-0.2, 0) is 4.74 Å². The molecule has 0 aliphatic carbocycles. The van der Waals surface area contributed by atoms with Gasteiger partial charge >= 0.3 is 0 Å². The number of amides is 1. The number of carbonyl (C=O) groups is 1. The Morgan fingerprint density at radius 3 is 2.50 bits per heavy atom. The van der Waals surface area contributed by atoms with Gasteiger partial charge in [-0.3, -0.25) is 9.69 Å². The van der Waals surface area contributed by atoms with Crippen molar-refractivity contribution >= 4 is 5.91 Å². The Morgan fingerprint density at radius 1 is 1.04 bits per heavy atom. The number of hydrogen-bond acceptors (Lipinski definition) is 4. The van der Waals surface area contributed by atoms with Crippen LogP contribution >= 0.6 is 0 Å². The lowest BCUT2D eigenvalue weighted by Gasteiger charge is -2.40. The summed E-state index contributed by atoms with van der Waals surface area (Å²) in [5.41, 5.74) is 1.81. The largest absolute Gasteiger partial charge is 0.507 e. The van der Waals surface area contributed by atoms with Crippen molar-refractivity contribution in [2.75, 3.05) is 39.4 Å². The van der Waals surface area contributed by atoms with Crippen molar-refractivity contribution < 1.29 is 19.0 Å². The van der Waals surface area contributed by atoms with E-state index in [0.717, 1.165) is 58.3 Å². The van der Waals surface area contributed by atoms with E-state index in [1.54, 1.807) is 18.2 Å². The summed E-state index contributed by atoms with van der Waals surface area (Å²) in [6.07, 6.45) is 1.95. The number of likely N-dealkylation sites (tertiary alicyclic amines) is 1. The second-order valence-electron chi connectivity index (χ2n) is 7.41. The van der Waals surface area contributed by atoms with Crippen molar-refractivity contribution in [3.63, 3.8) is 0 Å². The fraction of sp³-hybridized carbons (Fsp3) is 0.409. The molecule has 6 heteroatoms. The van der Waals surface area contributed by atoms with Crippen LogP contribution in [0.4, 0.5) is 4.39 Å². The maximum Gasteiger partial charge on any atom is 0.253 e. The predicted octanol–water partition coefficient (Wildman–Crippen LogP) is 3.14. The summed E-state index contributed by atoms with van der Waals surface area (Å²) in [6.45, 7) is 5.02. The molecule has 2 saturated heterocycles. The zero-order valence-corrected chi connectivity index (χ0v) is 15.8. The average molecular weight is 384 g/mol. The third-order valence-electron chi connectivity index (χ3n) is 5.69. The molecule has 0 aromatic heterocycles. The van der Waals surface area contributed by atoms with Gasteiger partial charge in [-0.25, -0.2) is 4.39 Å². The third kappa shape index (κ3) is 4.03. The zero-order valence-electron chi connectivity index (χ0n) is 15.8. The molecule has 0 spiro atoms. The van der Waals surface area contributed by atoms with Gasteiger partial charge in [-0.15, -0.1) is 0 Å². The number of hydrogen-bond donors (Lipinski definition) is 1.